The second-order valence-corrected chi connectivity index (χ2v) is 7.08. The molecule has 0 aliphatic carbocycles. The molecule has 0 saturated carbocycles. The lowest BCUT2D eigenvalue weighted by Crippen LogP contribution is -2.14. The van der Waals surface area contributed by atoms with E-state index in [4.69, 9.17) is 11.6 Å². The largest absolute Gasteiger partial charge is 0.273 e. The molecule has 132 valence electrons. The van der Waals surface area contributed by atoms with Gasteiger partial charge in [-0.15, -0.1) is 0 Å². The SMILES string of the molecule is C\C=C(/C=C\[N+](=C\CC)CCCS(=O)(=O)OC)c1ccnc(Cl)n1. The summed E-state index contributed by atoms with van der Waals surface area (Å²) in [5, 5.41) is 0.196. The van der Waals surface area contributed by atoms with Crippen molar-refractivity contribution in [1.82, 2.24) is 9.97 Å². The van der Waals surface area contributed by atoms with E-state index in [2.05, 4.69) is 14.2 Å². The molecule has 0 radical (unpaired) electrons. The van der Waals surface area contributed by atoms with E-state index in [9.17, 15) is 8.42 Å². The third-order valence-electron chi connectivity index (χ3n) is 3.16. The summed E-state index contributed by atoms with van der Waals surface area (Å²) >= 11 is 5.82. The first kappa shape index (κ1) is 20.5. The Morgan fingerprint density at radius 2 is 2.21 bits per heavy atom. The number of halogens is 1. The standard InChI is InChI=1S/C16H23ClN3O3S/c1-4-10-20(11-6-13-24(21,22)23-3)12-8-14(5-2)15-7-9-18-16(17)19-15/h5,7-10,12H,4,6,11,13H2,1-3H3/q+1/b12-8-,14-5+,20-10+. The second-order valence-electron chi connectivity index (χ2n) is 4.88. The lowest BCUT2D eigenvalue weighted by Gasteiger charge is -2.02. The van der Waals surface area contributed by atoms with Crippen molar-refractivity contribution >= 4 is 33.5 Å². The second kappa shape index (κ2) is 10.3. The van der Waals surface area contributed by atoms with Crippen LogP contribution >= 0.6 is 11.6 Å². The van der Waals surface area contributed by atoms with Gasteiger partial charge >= 0.3 is 0 Å². The number of aromatic nitrogens is 2. The summed E-state index contributed by atoms with van der Waals surface area (Å²) in [5.74, 6) is -0.0105. The molecular formula is C16H23ClN3O3S+. The smallest absolute Gasteiger partial charge is 0.267 e. The fourth-order valence-corrected chi connectivity index (χ4v) is 2.77. The highest BCUT2D eigenvalue weighted by molar-refractivity contribution is 7.86. The minimum Gasteiger partial charge on any atom is -0.273 e. The number of hydrogen-bond donors (Lipinski definition) is 0. The Balaban J connectivity index is 2.80. The van der Waals surface area contributed by atoms with Gasteiger partial charge in [-0.1, -0.05) is 13.0 Å². The van der Waals surface area contributed by atoms with E-state index in [1.54, 1.807) is 12.3 Å². The van der Waals surface area contributed by atoms with Crippen LogP contribution in [0.2, 0.25) is 5.28 Å². The number of rotatable bonds is 9. The van der Waals surface area contributed by atoms with Gasteiger partial charge in [0.1, 0.15) is 12.8 Å². The molecule has 6 nitrogen and oxygen atoms in total. The predicted octanol–water partition coefficient (Wildman–Crippen LogP) is 2.91. The van der Waals surface area contributed by atoms with Crippen molar-refractivity contribution in [3.8, 4) is 0 Å². The van der Waals surface area contributed by atoms with Gasteiger partial charge in [-0.3, -0.25) is 4.18 Å². The van der Waals surface area contributed by atoms with E-state index in [-0.39, 0.29) is 11.0 Å². The van der Waals surface area contributed by atoms with Gasteiger partial charge in [0.15, 0.2) is 6.20 Å². The Hall–Kier alpha value is -1.57. The van der Waals surface area contributed by atoms with Gasteiger partial charge in [-0.05, 0) is 24.6 Å². The van der Waals surface area contributed by atoms with Crippen LogP contribution in [0.3, 0.4) is 0 Å². The van der Waals surface area contributed by atoms with Crippen LogP contribution in [0.25, 0.3) is 5.57 Å². The molecule has 0 spiro atoms. The van der Waals surface area contributed by atoms with E-state index < -0.39 is 10.1 Å². The Kier molecular flexibility index (Phi) is 8.81. The van der Waals surface area contributed by atoms with Crippen molar-refractivity contribution in [2.24, 2.45) is 0 Å². The average molecular weight is 373 g/mol. The van der Waals surface area contributed by atoms with Crippen LogP contribution in [0.5, 0.6) is 0 Å². The van der Waals surface area contributed by atoms with Gasteiger partial charge in [-0.25, -0.2) is 14.5 Å². The zero-order valence-electron chi connectivity index (χ0n) is 14.1. The summed E-state index contributed by atoms with van der Waals surface area (Å²) in [7, 11) is -2.24. The highest BCUT2D eigenvalue weighted by atomic mass is 35.5. The Bertz CT molecular complexity index is 728. The quantitative estimate of drug-likeness (QED) is 0.219. The van der Waals surface area contributed by atoms with Crippen LogP contribution in [-0.2, 0) is 14.3 Å². The van der Waals surface area contributed by atoms with Crippen LogP contribution in [0.1, 0.15) is 32.4 Å². The molecule has 8 heteroatoms. The first-order valence-corrected chi connectivity index (χ1v) is 9.58. The average Bonchev–Trinajstić information content (AvgIpc) is 2.55. The molecule has 0 saturated heterocycles. The highest BCUT2D eigenvalue weighted by Crippen LogP contribution is 2.14. The molecule has 0 aliphatic heterocycles. The van der Waals surface area contributed by atoms with Crippen LogP contribution in [0, 0.1) is 0 Å². The summed E-state index contributed by atoms with van der Waals surface area (Å²) < 4.78 is 29.1. The molecule has 0 N–H and O–H groups in total. The topological polar surface area (TPSA) is 72.2 Å². The van der Waals surface area contributed by atoms with Gasteiger partial charge in [0.25, 0.3) is 10.1 Å². The zero-order valence-corrected chi connectivity index (χ0v) is 15.7. The van der Waals surface area contributed by atoms with E-state index in [1.807, 2.05) is 43.0 Å². The summed E-state index contributed by atoms with van der Waals surface area (Å²) in [6, 6.07) is 1.78. The molecule has 0 aromatic carbocycles. The molecule has 1 aromatic heterocycles. The van der Waals surface area contributed by atoms with Gasteiger partial charge in [0.05, 0.1) is 18.6 Å². The lowest BCUT2D eigenvalue weighted by atomic mass is 10.1. The Labute approximate surface area is 148 Å². The maximum absolute atomic E-state index is 11.4. The number of nitrogens with zero attached hydrogens (tertiary/aromatic N) is 3. The molecule has 1 aromatic rings. The maximum Gasteiger partial charge on any atom is 0.267 e. The van der Waals surface area contributed by atoms with Crippen molar-refractivity contribution in [2.45, 2.75) is 26.7 Å². The molecule has 0 bridgehead atoms. The summed E-state index contributed by atoms with van der Waals surface area (Å²) in [6.45, 7) is 4.51. The van der Waals surface area contributed by atoms with Crippen molar-refractivity contribution in [1.29, 1.82) is 0 Å². The molecule has 1 rings (SSSR count). The maximum atomic E-state index is 11.4. The summed E-state index contributed by atoms with van der Waals surface area (Å²) in [6.07, 6.45) is 10.6. The zero-order chi connectivity index (χ0) is 18.0. The minimum absolute atomic E-state index is 0.0105. The Morgan fingerprint density at radius 3 is 2.79 bits per heavy atom. The molecular weight excluding hydrogens is 350 g/mol. The molecule has 0 amide bonds. The molecule has 24 heavy (non-hydrogen) atoms. The van der Waals surface area contributed by atoms with E-state index in [1.165, 1.54) is 7.11 Å². The van der Waals surface area contributed by atoms with E-state index >= 15 is 0 Å². The summed E-state index contributed by atoms with van der Waals surface area (Å²) in [5.41, 5.74) is 1.63. The first-order chi connectivity index (χ1) is 11.4. The normalized spacial score (nSPS) is 13.7. The van der Waals surface area contributed by atoms with Crippen molar-refractivity contribution in [2.75, 3.05) is 19.4 Å². The van der Waals surface area contributed by atoms with Crippen LogP contribution in [0.15, 0.2) is 30.6 Å². The minimum atomic E-state index is -3.42. The van der Waals surface area contributed by atoms with Crippen LogP contribution < -0.4 is 0 Å². The molecule has 0 atom stereocenters. The van der Waals surface area contributed by atoms with E-state index in [0.29, 0.717) is 13.0 Å². The van der Waals surface area contributed by atoms with Crippen molar-refractivity contribution in [3.05, 3.63) is 41.6 Å². The molecule has 0 unspecified atom stereocenters. The monoisotopic (exact) mass is 372 g/mol. The van der Waals surface area contributed by atoms with Crippen molar-refractivity contribution in [3.63, 3.8) is 0 Å². The van der Waals surface area contributed by atoms with Gasteiger partial charge in [-0.2, -0.15) is 8.42 Å². The van der Waals surface area contributed by atoms with Crippen LogP contribution in [-0.4, -0.2) is 48.6 Å². The predicted molar refractivity (Wildman–Crippen MR) is 96.7 cm³/mol. The van der Waals surface area contributed by atoms with Gasteiger partial charge in [0.2, 0.25) is 5.28 Å². The van der Waals surface area contributed by atoms with Crippen molar-refractivity contribution < 1.29 is 17.2 Å². The molecule has 0 fully saturated rings. The first-order valence-electron chi connectivity index (χ1n) is 7.62. The van der Waals surface area contributed by atoms with E-state index in [0.717, 1.165) is 17.7 Å². The fraction of sp³-hybridized carbons (Fsp3) is 0.438. The lowest BCUT2D eigenvalue weighted by molar-refractivity contribution is -0.452. The van der Waals surface area contributed by atoms with Gasteiger partial charge < -0.3 is 0 Å². The Morgan fingerprint density at radius 1 is 1.46 bits per heavy atom. The number of hydrogen-bond acceptors (Lipinski definition) is 5. The third kappa shape index (κ3) is 7.33. The number of allylic oxidation sites excluding steroid dienone is 3. The van der Waals surface area contributed by atoms with Gasteiger partial charge in [0, 0.05) is 30.7 Å². The molecule has 0 aliphatic rings. The highest BCUT2D eigenvalue weighted by Gasteiger charge is 2.10. The van der Waals surface area contributed by atoms with Crippen LogP contribution in [0.4, 0.5) is 0 Å². The fourth-order valence-electron chi connectivity index (χ4n) is 1.97. The third-order valence-corrected chi connectivity index (χ3v) is 4.64. The molecule has 1 heterocycles. The summed E-state index contributed by atoms with van der Waals surface area (Å²) in [4.78, 5) is 8.05.